The Bertz CT molecular complexity index is 943. The molecule has 0 saturated heterocycles. The van der Waals surface area contributed by atoms with Crippen LogP contribution in [-0.2, 0) is 6.54 Å². The van der Waals surface area contributed by atoms with E-state index < -0.39 is 0 Å². The smallest absolute Gasteiger partial charge is 0.260 e. The summed E-state index contributed by atoms with van der Waals surface area (Å²) in [4.78, 5) is 22.5. The number of aromatic nitrogens is 4. The van der Waals surface area contributed by atoms with Gasteiger partial charge in [0.1, 0.15) is 0 Å². The third-order valence-electron chi connectivity index (χ3n) is 4.06. The molecule has 0 bridgehead atoms. The molecule has 0 unspecified atom stereocenters. The first kappa shape index (κ1) is 24.6. The third-order valence-corrected chi connectivity index (χ3v) is 5.60. The Labute approximate surface area is 195 Å². The SMILES string of the molecule is CCCCCCCCn1sccc1=O.Clc1nc(Cl)nc(Nc2ccccc2Cl)n1. The summed E-state index contributed by atoms with van der Waals surface area (Å²) in [6, 6.07) is 8.82. The van der Waals surface area contributed by atoms with Crippen LogP contribution in [0.15, 0.2) is 40.5 Å². The predicted octanol–water partition coefficient (Wildman–Crippen LogP) is 6.85. The molecule has 3 rings (SSSR count). The van der Waals surface area contributed by atoms with Crippen LogP contribution in [0.2, 0.25) is 15.6 Å². The molecule has 0 aliphatic heterocycles. The van der Waals surface area contributed by atoms with E-state index in [2.05, 4.69) is 27.2 Å². The molecule has 0 radical (unpaired) electrons. The summed E-state index contributed by atoms with van der Waals surface area (Å²) in [7, 11) is 0. The van der Waals surface area contributed by atoms with E-state index in [1.54, 1.807) is 18.2 Å². The molecule has 6 nitrogen and oxygen atoms in total. The number of unbranched alkanes of at least 4 members (excludes halogenated alkanes) is 5. The lowest BCUT2D eigenvalue weighted by molar-refractivity contribution is 0.569. The van der Waals surface area contributed by atoms with E-state index in [0.29, 0.717) is 10.7 Å². The highest BCUT2D eigenvalue weighted by Crippen LogP contribution is 2.23. The number of nitrogens with zero attached hydrogens (tertiary/aromatic N) is 4. The standard InChI is InChI=1S/C11H19NOS.C9H5Cl3N4/c1-2-3-4-5-6-7-9-12-11(13)8-10-14-12;10-5-3-1-2-4-6(5)13-9-15-7(11)14-8(12)16-9/h8,10H,2-7,9H2,1H3;1-4H,(H,13,14,15,16). The molecule has 0 aliphatic rings. The van der Waals surface area contributed by atoms with Crippen LogP contribution in [0, 0.1) is 0 Å². The van der Waals surface area contributed by atoms with Crippen LogP contribution in [-0.4, -0.2) is 18.9 Å². The number of hydrogen-bond acceptors (Lipinski definition) is 6. The number of rotatable bonds is 9. The molecule has 0 fully saturated rings. The van der Waals surface area contributed by atoms with Crippen LogP contribution in [0.1, 0.15) is 45.4 Å². The van der Waals surface area contributed by atoms with Crippen LogP contribution >= 0.6 is 46.3 Å². The Kier molecular flexibility index (Phi) is 11.1. The summed E-state index contributed by atoms with van der Waals surface area (Å²) in [5.41, 5.74) is 0.825. The van der Waals surface area contributed by atoms with Crippen LogP contribution < -0.4 is 10.9 Å². The summed E-state index contributed by atoms with van der Waals surface area (Å²) in [6.45, 7) is 3.13. The van der Waals surface area contributed by atoms with Gasteiger partial charge in [-0.15, -0.1) is 0 Å². The summed E-state index contributed by atoms with van der Waals surface area (Å²) in [6.07, 6.45) is 7.70. The molecule has 0 aliphatic carbocycles. The van der Waals surface area contributed by atoms with E-state index in [9.17, 15) is 4.79 Å². The average Bonchev–Trinajstić information content (AvgIpc) is 3.11. The first-order valence-electron chi connectivity index (χ1n) is 9.73. The highest BCUT2D eigenvalue weighted by Gasteiger charge is 2.05. The monoisotopic (exact) mass is 487 g/mol. The number of nitrogens with one attached hydrogen (secondary N) is 1. The Balaban J connectivity index is 0.000000216. The molecular weight excluding hydrogens is 465 g/mol. The van der Waals surface area contributed by atoms with Crippen LogP contribution in [0.25, 0.3) is 0 Å². The Hall–Kier alpha value is -1.67. The molecule has 0 amide bonds. The van der Waals surface area contributed by atoms with Crippen molar-refractivity contribution in [3.8, 4) is 0 Å². The van der Waals surface area contributed by atoms with Crippen LogP contribution in [0.5, 0.6) is 0 Å². The Morgan fingerprint density at radius 1 is 0.933 bits per heavy atom. The zero-order valence-corrected chi connectivity index (χ0v) is 19.7. The number of aryl methyl sites for hydroxylation is 1. The summed E-state index contributed by atoms with van der Waals surface area (Å²) < 4.78 is 1.83. The number of benzene rings is 1. The number of anilines is 2. The van der Waals surface area contributed by atoms with Gasteiger partial charge in [0.2, 0.25) is 16.5 Å². The fourth-order valence-corrected chi connectivity index (χ4v) is 3.83. The lowest BCUT2D eigenvalue weighted by atomic mass is 10.1. The van der Waals surface area contributed by atoms with Gasteiger partial charge >= 0.3 is 0 Å². The maximum Gasteiger partial charge on any atom is 0.260 e. The van der Waals surface area contributed by atoms with E-state index in [4.69, 9.17) is 34.8 Å². The van der Waals surface area contributed by atoms with Gasteiger partial charge in [0.25, 0.3) is 5.56 Å². The molecule has 162 valence electrons. The summed E-state index contributed by atoms with van der Waals surface area (Å²) in [5, 5.41) is 5.35. The molecular formula is C20H24Cl3N5OS. The van der Waals surface area contributed by atoms with Gasteiger partial charge in [-0.1, -0.05) is 74.3 Å². The lowest BCUT2D eigenvalue weighted by Crippen LogP contribution is -2.11. The quantitative estimate of drug-likeness (QED) is 0.334. The number of para-hydroxylation sites is 1. The van der Waals surface area contributed by atoms with E-state index in [1.807, 2.05) is 21.5 Å². The van der Waals surface area contributed by atoms with Gasteiger partial charge in [-0.25, -0.2) is 0 Å². The van der Waals surface area contributed by atoms with E-state index >= 15 is 0 Å². The summed E-state index contributed by atoms with van der Waals surface area (Å²) in [5.74, 6) is 0.248. The zero-order valence-electron chi connectivity index (χ0n) is 16.7. The topological polar surface area (TPSA) is 72.7 Å². The Morgan fingerprint density at radius 3 is 2.23 bits per heavy atom. The first-order valence-corrected chi connectivity index (χ1v) is 11.7. The van der Waals surface area contributed by atoms with Gasteiger partial charge in [-0.3, -0.25) is 8.75 Å². The van der Waals surface area contributed by atoms with E-state index in [-0.39, 0.29) is 22.1 Å². The summed E-state index contributed by atoms with van der Waals surface area (Å²) >= 11 is 18.7. The fraction of sp³-hybridized carbons (Fsp3) is 0.400. The van der Waals surface area contributed by atoms with Gasteiger partial charge in [0.05, 0.1) is 10.7 Å². The second kappa shape index (κ2) is 13.6. The van der Waals surface area contributed by atoms with Gasteiger partial charge < -0.3 is 5.32 Å². The van der Waals surface area contributed by atoms with Crippen LogP contribution in [0.3, 0.4) is 0 Å². The second-order valence-corrected chi connectivity index (χ2v) is 8.43. The van der Waals surface area contributed by atoms with E-state index in [1.165, 1.54) is 43.6 Å². The van der Waals surface area contributed by atoms with Crippen molar-refractivity contribution in [1.82, 2.24) is 18.9 Å². The van der Waals surface area contributed by atoms with Gasteiger partial charge in [0.15, 0.2) is 0 Å². The molecule has 1 aromatic carbocycles. The molecule has 0 saturated carbocycles. The van der Waals surface area contributed by atoms with Crippen molar-refractivity contribution in [2.24, 2.45) is 0 Å². The highest BCUT2D eigenvalue weighted by molar-refractivity contribution is 7.04. The largest absolute Gasteiger partial charge is 0.323 e. The van der Waals surface area contributed by atoms with Crippen molar-refractivity contribution in [2.75, 3.05) is 5.32 Å². The van der Waals surface area contributed by atoms with E-state index in [0.717, 1.165) is 13.0 Å². The fourth-order valence-electron chi connectivity index (χ4n) is 2.56. The minimum Gasteiger partial charge on any atom is -0.323 e. The van der Waals surface area contributed by atoms with Crippen molar-refractivity contribution < 1.29 is 0 Å². The normalized spacial score (nSPS) is 10.4. The average molecular weight is 489 g/mol. The Morgan fingerprint density at radius 2 is 1.60 bits per heavy atom. The van der Waals surface area contributed by atoms with Crippen molar-refractivity contribution in [2.45, 2.75) is 52.0 Å². The first-order chi connectivity index (χ1) is 14.5. The van der Waals surface area contributed by atoms with Crippen LogP contribution in [0.4, 0.5) is 11.6 Å². The van der Waals surface area contributed by atoms with Gasteiger partial charge in [0, 0.05) is 18.0 Å². The highest BCUT2D eigenvalue weighted by atomic mass is 35.5. The molecule has 0 spiro atoms. The van der Waals surface area contributed by atoms with Crippen molar-refractivity contribution in [3.05, 3.63) is 61.7 Å². The minimum atomic E-state index is 0.0227. The molecule has 10 heteroatoms. The molecule has 0 atom stereocenters. The minimum absolute atomic E-state index is 0.0227. The molecule has 3 aromatic rings. The molecule has 1 N–H and O–H groups in total. The molecule has 30 heavy (non-hydrogen) atoms. The number of hydrogen-bond donors (Lipinski definition) is 1. The third kappa shape index (κ3) is 9.00. The van der Waals surface area contributed by atoms with Gasteiger partial charge in [-0.2, -0.15) is 15.0 Å². The molecule has 2 aromatic heterocycles. The lowest BCUT2D eigenvalue weighted by Gasteiger charge is -2.06. The maximum atomic E-state index is 11.2. The molecule has 2 heterocycles. The van der Waals surface area contributed by atoms with Gasteiger partial charge in [-0.05, 0) is 41.8 Å². The number of halogens is 3. The van der Waals surface area contributed by atoms with Crippen molar-refractivity contribution in [1.29, 1.82) is 0 Å². The van der Waals surface area contributed by atoms with Crippen molar-refractivity contribution >= 4 is 58.0 Å². The zero-order chi connectivity index (χ0) is 21.8. The predicted molar refractivity (Wildman–Crippen MR) is 127 cm³/mol. The van der Waals surface area contributed by atoms with Crippen molar-refractivity contribution in [3.63, 3.8) is 0 Å². The second-order valence-electron chi connectivity index (χ2n) is 6.42. The maximum absolute atomic E-state index is 11.2.